The molecule has 0 atom stereocenters. The summed E-state index contributed by atoms with van der Waals surface area (Å²) in [6.07, 6.45) is 0.962. The fourth-order valence-corrected chi connectivity index (χ4v) is 4.40. The van der Waals surface area contributed by atoms with E-state index in [9.17, 15) is 13.2 Å². The Hall–Kier alpha value is -3.32. The van der Waals surface area contributed by atoms with Gasteiger partial charge in [-0.15, -0.1) is 0 Å². The second-order valence-electron chi connectivity index (χ2n) is 7.40. The first-order valence-corrected chi connectivity index (χ1v) is 11.9. The summed E-state index contributed by atoms with van der Waals surface area (Å²) in [5.41, 5.74) is 2.78. The Labute approximate surface area is 189 Å². The lowest BCUT2D eigenvalue weighted by Gasteiger charge is -2.22. The van der Waals surface area contributed by atoms with Gasteiger partial charge in [0.05, 0.1) is 22.7 Å². The van der Waals surface area contributed by atoms with Crippen molar-refractivity contribution in [1.82, 2.24) is 5.32 Å². The van der Waals surface area contributed by atoms with Gasteiger partial charge in [0.25, 0.3) is 15.9 Å². The van der Waals surface area contributed by atoms with Crippen molar-refractivity contribution < 1.29 is 17.9 Å². The lowest BCUT2D eigenvalue weighted by Crippen LogP contribution is -2.32. The lowest BCUT2D eigenvalue weighted by molar-refractivity contribution is 0.0947. The molecular formula is C25H28N2O4S. The predicted octanol–water partition coefficient (Wildman–Crippen LogP) is 4.19. The van der Waals surface area contributed by atoms with E-state index < -0.39 is 10.0 Å². The number of hydrogen-bond donors (Lipinski definition) is 1. The number of rotatable bonds is 9. The molecule has 0 saturated carbocycles. The highest BCUT2D eigenvalue weighted by molar-refractivity contribution is 7.92. The monoisotopic (exact) mass is 452 g/mol. The molecule has 168 valence electrons. The van der Waals surface area contributed by atoms with Crippen LogP contribution in [-0.4, -0.2) is 34.5 Å². The molecule has 32 heavy (non-hydrogen) atoms. The highest BCUT2D eigenvalue weighted by Gasteiger charge is 2.24. The first kappa shape index (κ1) is 23.3. The second kappa shape index (κ2) is 10.3. The first-order valence-electron chi connectivity index (χ1n) is 10.5. The topological polar surface area (TPSA) is 75.7 Å². The number of anilines is 1. The van der Waals surface area contributed by atoms with E-state index in [1.54, 1.807) is 48.5 Å². The number of carbonyl (C=O) groups is 1. The number of para-hydroxylation sites is 1. The molecule has 0 saturated heterocycles. The van der Waals surface area contributed by atoms with Gasteiger partial charge in [-0.1, -0.05) is 48.9 Å². The van der Waals surface area contributed by atoms with Gasteiger partial charge in [-0.25, -0.2) is 8.42 Å². The van der Waals surface area contributed by atoms with E-state index in [1.807, 2.05) is 31.2 Å². The van der Waals surface area contributed by atoms with E-state index >= 15 is 0 Å². The van der Waals surface area contributed by atoms with Crippen LogP contribution in [0, 0.1) is 6.92 Å². The number of benzene rings is 3. The third kappa shape index (κ3) is 5.48. The van der Waals surface area contributed by atoms with Gasteiger partial charge in [0, 0.05) is 7.05 Å². The number of hydrogen-bond acceptors (Lipinski definition) is 4. The summed E-state index contributed by atoms with van der Waals surface area (Å²) >= 11 is 0. The number of ether oxygens (including phenoxy) is 1. The molecule has 0 spiro atoms. The van der Waals surface area contributed by atoms with Crippen molar-refractivity contribution in [2.45, 2.75) is 25.2 Å². The molecule has 7 heteroatoms. The second-order valence-corrected chi connectivity index (χ2v) is 9.37. The molecule has 3 rings (SSSR count). The molecule has 0 heterocycles. The minimum Gasteiger partial charge on any atom is -0.492 e. The Balaban J connectivity index is 1.67. The van der Waals surface area contributed by atoms with Gasteiger partial charge in [0.15, 0.2) is 0 Å². The zero-order valence-corrected chi connectivity index (χ0v) is 19.4. The summed E-state index contributed by atoms with van der Waals surface area (Å²) in [5.74, 6) is 0.372. The quantitative estimate of drug-likeness (QED) is 0.494. The van der Waals surface area contributed by atoms with Crippen LogP contribution in [-0.2, 0) is 16.4 Å². The number of nitrogens with zero attached hydrogens (tertiary/aromatic N) is 1. The molecule has 0 aliphatic carbocycles. The molecule has 0 unspecified atom stereocenters. The summed E-state index contributed by atoms with van der Waals surface area (Å²) in [5, 5.41) is 2.80. The highest BCUT2D eigenvalue weighted by atomic mass is 32.2. The van der Waals surface area contributed by atoms with E-state index in [1.165, 1.54) is 12.6 Å². The third-order valence-corrected chi connectivity index (χ3v) is 6.94. The Bertz CT molecular complexity index is 1160. The van der Waals surface area contributed by atoms with Crippen LogP contribution < -0.4 is 14.4 Å². The average molecular weight is 453 g/mol. The summed E-state index contributed by atoms with van der Waals surface area (Å²) in [4.78, 5) is 13.0. The average Bonchev–Trinajstić information content (AvgIpc) is 2.82. The standard InChI is InChI=1S/C25H28N2O4S/c1-4-20-11-13-21(14-12-20)31-18-17-26-25(28)23-7-5-6-8-24(23)27(3)32(29,30)22-15-9-19(2)10-16-22/h5-16H,4,17-18H2,1-3H3,(H,26,28). The van der Waals surface area contributed by atoms with Crippen molar-refractivity contribution in [2.24, 2.45) is 0 Å². The molecule has 1 amide bonds. The van der Waals surface area contributed by atoms with Crippen molar-refractivity contribution in [3.8, 4) is 5.75 Å². The Morgan fingerprint density at radius 3 is 2.28 bits per heavy atom. The van der Waals surface area contributed by atoms with Crippen LogP contribution in [0.3, 0.4) is 0 Å². The molecule has 1 N–H and O–H groups in total. The number of sulfonamides is 1. The molecule has 0 fully saturated rings. The number of amides is 1. The minimum atomic E-state index is -3.80. The maximum absolute atomic E-state index is 13.1. The molecule has 0 aromatic heterocycles. The Kier molecular flexibility index (Phi) is 7.53. The summed E-state index contributed by atoms with van der Waals surface area (Å²) < 4.78 is 32.9. The van der Waals surface area contributed by atoms with Crippen LogP contribution in [0.5, 0.6) is 5.75 Å². The fourth-order valence-electron chi connectivity index (χ4n) is 3.19. The van der Waals surface area contributed by atoms with Crippen LogP contribution in [0.4, 0.5) is 5.69 Å². The normalized spacial score (nSPS) is 11.1. The van der Waals surface area contributed by atoms with Gasteiger partial charge in [-0.3, -0.25) is 9.10 Å². The van der Waals surface area contributed by atoms with E-state index in [4.69, 9.17) is 4.74 Å². The van der Waals surface area contributed by atoms with Crippen molar-refractivity contribution >= 4 is 21.6 Å². The van der Waals surface area contributed by atoms with Gasteiger partial charge in [-0.05, 0) is 55.3 Å². The largest absolute Gasteiger partial charge is 0.492 e. The minimum absolute atomic E-state index is 0.170. The van der Waals surface area contributed by atoms with E-state index in [2.05, 4.69) is 12.2 Å². The summed E-state index contributed by atoms with van der Waals surface area (Å²) in [6, 6.07) is 21.1. The van der Waals surface area contributed by atoms with Crippen LogP contribution in [0.25, 0.3) is 0 Å². The molecule has 0 radical (unpaired) electrons. The Morgan fingerprint density at radius 1 is 0.969 bits per heavy atom. The van der Waals surface area contributed by atoms with Crippen LogP contribution in [0.2, 0.25) is 0 Å². The van der Waals surface area contributed by atoms with Crippen molar-refractivity contribution in [3.05, 3.63) is 89.5 Å². The molecule has 0 bridgehead atoms. The zero-order valence-electron chi connectivity index (χ0n) is 18.5. The third-order valence-electron chi connectivity index (χ3n) is 5.16. The molecular weight excluding hydrogens is 424 g/mol. The van der Waals surface area contributed by atoms with Gasteiger partial charge in [0.2, 0.25) is 0 Å². The highest BCUT2D eigenvalue weighted by Crippen LogP contribution is 2.26. The number of nitrogens with one attached hydrogen (secondary N) is 1. The molecule has 3 aromatic rings. The SMILES string of the molecule is CCc1ccc(OCCNC(=O)c2ccccc2N(C)S(=O)(=O)c2ccc(C)cc2)cc1. The molecule has 3 aromatic carbocycles. The van der Waals surface area contributed by atoms with Crippen molar-refractivity contribution in [3.63, 3.8) is 0 Å². The summed E-state index contributed by atoms with van der Waals surface area (Å²) in [7, 11) is -2.35. The van der Waals surface area contributed by atoms with Crippen LogP contribution in [0.1, 0.15) is 28.4 Å². The van der Waals surface area contributed by atoms with Crippen LogP contribution in [0.15, 0.2) is 77.7 Å². The molecule has 6 nitrogen and oxygen atoms in total. The van der Waals surface area contributed by atoms with E-state index in [0.29, 0.717) is 12.3 Å². The number of aryl methyl sites for hydroxylation is 2. The zero-order chi connectivity index (χ0) is 23.1. The van der Waals surface area contributed by atoms with E-state index in [0.717, 1.165) is 22.0 Å². The smallest absolute Gasteiger partial charge is 0.264 e. The first-order chi connectivity index (χ1) is 15.3. The maximum atomic E-state index is 13.1. The van der Waals surface area contributed by atoms with Gasteiger partial charge < -0.3 is 10.1 Å². The van der Waals surface area contributed by atoms with E-state index in [-0.39, 0.29) is 22.9 Å². The maximum Gasteiger partial charge on any atom is 0.264 e. The van der Waals surface area contributed by atoms with Crippen molar-refractivity contribution in [2.75, 3.05) is 24.5 Å². The molecule has 0 aliphatic rings. The van der Waals surface area contributed by atoms with Crippen molar-refractivity contribution in [1.29, 1.82) is 0 Å². The van der Waals surface area contributed by atoms with Gasteiger partial charge >= 0.3 is 0 Å². The predicted molar refractivity (Wildman–Crippen MR) is 127 cm³/mol. The summed E-state index contributed by atoms with van der Waals surface area (Å²) in [6.45, 7) is 4.57. The van der Waals surface area contributed by atoms with Crippen LogP contribution >= 0.6 is 0 Å². The van der Waals surface area contributed by atoms with Gasteiger partial charge in [-0.2, -0.15) is 0 Å². The molecule has 0 aliphatic heterocycles. The number of carbonyl (C=O) groups excluding carboxylic acids is 1. The lowest BCUT2D eigenvalue weighted by atomic mass is 10.1. The van der Waals surface area contributed by atoms with Gasteiger partial charge in [0.1, 0.15) is 12.4 Å². The fraction of sp³-hybridized carbons (Fsp3) is 0.240. The Morgan fingerprint density at radius 2 is 1.62 bits per heavy atom.